The highest BCUT2D eigenvalue weighted by Crippen LogP contribution is 2.40. The third-order valence-electron chi connectivity index (χ3n) is 7.33. The second-order valence-corrected chi connectivity index (χ2v) is 11.7. The van der Waals surface area contributed by atoms with Crippen molar-refractivity contribution in [3.63, 3.8) is 0 Å². The van der Waals surface area contributed by atoms with E-state index in [1.54, 1.807) is 0 Å². The maximum atomic E-state index is 13.2. The van der Waals surface area contributed by atoms with Crippen molar-refractivity contribution in [2.45, 2.75) is 43.8 Å². The first kappa shape index (κ1) is 24.4. The first-order valence-electron chi connectivity index (χ1n) is 12.5. The fourth-order valence-corrected chi connectivity index (χ4v) is 6.99. The number of aliphatic carboxylic acids is 1. The fourth-order valence-electron chi connectivity index (χ4n) is 5.42. The molecule has 1 aliphatic carbocycles. The summed E-state index contributed by atoms with van der Waals surface area (Å²) in [6.45, 7) is 0.610. The molecule has 5 rings (SSSR count). The quantitative estimate of drug-likeness (QED) is 0.437. The lowest BCUT2D eigenvalue weighted by Gasteiger charge is -2.31. The van der Waals surface area contributed by atoms with E-state index in [4.69, 9.17) is 9.84 Å². The van der Waals surface area contributed by atoms with Gasteiger partial charge >= 0.3 is 5.97 Å². The third kappa shape index (κ3) is 5.41. The minimum absolute atomic E-state index is 0.0469. The smallest absolute Gasteiger partial charge is 0.303 e. The summed E-state index contributed by atoms with van der Waals surface area (Å²) in [5.74, 6) is 0.600. The Morgan fingerprint density at radius 3 is 2.31 bits per heavy atom. The van der Waals surface area contributed by atoms with E-state index < -0.39 is 16.0 Å². The molecular formula is C29H31NO5S. The van der Waals surface area contributed by atoms with Gasteiger partial charge in [-0.15, -0.1) is 0 Å². The monoisotopic (exact) mass is 505 g/mol. The van der Waals surface area contributed by atoms with Crippen LogP contribution in [0.4, 0.5) is 5.69 Å². The highest BCUT2D eigenvalue weighted by molar-refractivity contribution is 7.92. The molecular weight excluding hydrogens is 474 g/mol. The molecule has 7 heteroatoms. The number of nitrogens with zero attached hydrogens (tertiary/aromatic N) is 1. The maximum Gasteiger partial charge on any atom is 0.303 e. The number of fused-ring (bicyclic) bond motifs is 1. The lowest BCUT2D eigenvalue weighted by Crippen LogP contribution is -2.38. The second kappa shape index (κ2) is 10.3. The van der Waals surface area contributed by atoms with Gasteiger partial charge in [-0.25, -0.2) is 8.42 Å². The van der Waals surface area contributed by atoms with Gasteiger partial charge < -0.3 is 9.84 Å². The van der Waals surface area contributed by atoms with Gasteiger partial charge in [-0.3, -0.25) is 9.10 Å². The third-order valence-corrected chi connectivity index (χ3v) is 9.08. The van der Waals surface area contributed by atoms with Crippen LogP contribution < -0.4 is 9.04 Å². The molecule has 1 fully saturated rings. The number of benzene rings is 3. The summed E-state index contributed by atoms with van der Waals surface area (Å²) in [6, 6.07) is 23.5. The summed E-state index contributed by atoms with van der Waals surface area (Å²) in [6.07, 6.45) is 4.25. The van der Waals surface area contributed by atoms with Crippen LogP contribution in [-0.4, -0.2) is 32.6 Å². The van der Waals surface area contributed by atoms with E-state index in [-0.39, 0.29) is 12.2 Å². The summed E-state index contributed by atoms with van der Waals surface area (Å²) in [5, 5.41) is 9.03. The Hall–Kier alpha value is -3.32. The van der Waals surface area contributed by atoms with Crippen LogP contribution in [0.1, 0.15) is 49.1 Å². The highest BCUT2D eigenvalue weighted by Gasteiger charge is 2.29. The first-order valence-corrected chi connectivity index (χ1v) is 14.1. The van der Waals surface area contributed by atoms with Gasteiger partial charge in [0.2, 0.25) is 10.0 Å². The average Bonchev–Trinajstić information content (AvgIpc) is 2.88. The zero-order chi connectivity index (χ0) is 25.1. The van der Waals surface area contributed by atoms with Gasteiger partial charge in [0.1, 0.15) is 12.4 Å². The van der Waals surface area contributed by atoms with E-state index in [0.29, 0.717) is 36.4 Å². The van der Waals surface area contributed by atoms with Gasteiger partial charge in [0, 0.05) is 6.42 Å². The van der Waals surface area contributed by atoms with Crippen LogP contribution >= 0.6 is 0 Å². The molecule has 0 aromatic heterocycles. The molecule has 0 atom stereocenters. The Labute approximate surface area is 212 Å². The second-order valence-electron chi connectivity index (χ2n) is 9.78. The number of hydrogen-bond acceptors (Lipinski definition) is 4. The summed E-state index contributed by atoms with van der Waals surface area (Å²) in [7, 11) is -3.54. The number of sulfonamides is 1. The minimum Gasteiger partial charge on any atom is -0.489 e. The average molecular weight is 506 g/mol. The normalized spacial score (nSPS) is 19.8. The molecule has 0 unspecified atom stereocenters. The molecule has 0 radical (unpaired) electrons. The molecule has 1 saturated carbocycles. The fraction of sp³-hybridized carbons (Fsp3) is 0.345. The van der Waals surface area contributed by atoms with Crippen molar-refractivity contribution in [3.8, 4) is 16.9 Å². The van der Waals surface area contributed by atoms with E-state index >= 15 is 0 Å². The van der Waals surface area contributed by atoms with E-state index in [1.807, 2.05) is 48.5 Å². The number of hydrogen-bond donors (Lipinski definition) is 1. The van der Waals surface area contributed by atoms with Crippen molar-refractivity contribution in [2.75, 3.05) is 17.5 Å². The summed E-state index contributed by atoms with van der Waals surface area (Å²) < 4.78 is 33.7. The van der Waals surface area contributed by atoms with Crippen molar-refractivity contribution < 1.29 is 23.1 Å². The maximum absolute atomic E-state index is 13.2. The van der Waals surface area contributed by atoms with Gasteiger partial charge in [-0.2, -0.15) is 0 Å². The Morgan fingerprint density at radius 1 is 0.917 bits per heavy atom. The molecule has 6 nitrogen and oxygen atoms in total. The molecule has 1 aliphatic heterocycles. The van der Waals surface area contributed by atoms with Gasteiger partial charge in [0.25, 0.3) is 0 Å². The lowest BCUT2D eigenvalue weighted by molar-refractivity contribution is -0.138. The van der Waals surface area contributed by atoms with Crippen LogP contribution in [0.5, 0.6) is 5.75 Å². The molecule has 0 bridgehead atoms. The zero-order valence-corrected chi connectivity index (χ0v) is 21.0. The highest BCUT2D eigenvalue weighted by atomic mass is 32.2. The van der Waals surface area contributed by atoms with Crippen LogP contribution in [0.2, 0.25) is 0 Å². The molecule has 1 N–H and O–H groups in total. The molecule has 36 heavy (non-hydrogen) atoms. The molecule has 0 saturated heterocycles. The largest absolute Gasteiger partial charge is 0.489 e. The zero-order valence-electron chi connectivity index (χ0n) is 20.2. The van der Waals surface area contributed by atoms with Crippen LogP contribution in [0, 0.1) is 5.92 Å². The topological polar surface area (TPSA) is 83.9 Å². The minimum atomic E-state index is -3.54. The van der Waals surface area contributed by atoms with Crippen LogP contribution in [-0.2, 0) is 20.6 Å². The predicted molar refractivity (Wildman–Crippen MR) is 141 cm³/mol. The van der Waals surface area contributed by atoms with Crippen LogP contribution in [0.3, 0.4) is 0 Å². The molecule has 0 spiro atoms. The molecule has 1 heterocycles. The Bertz CT molecular complexity index is 1310. The van der Waals surface area contributed by atoms with Gasteiger partial charge in [-0.05, 0) is 71.9 Å². The molecule has 2 aliphatic rings. The Kier molecular flexibility index (Phi) is 7.01. The van der Waals surface area contributed by atoms with Crippen molar-refractivity contribution in [2.24, 2.45) is 5.92 Å². The van der Waals surface area contributed by atoms with Crippen molar-refractivity contribution in [1.82, 2.24) is 0 Å². The number of rotatable bonds is 7. The predicted octanol–water partition coefficient (Wildman–Crippen LogP) is 5.83. The molecule has 3 aromatic rings. The number of carboxylic acids is 1. The molecule has 3 aromatic carbocycles. The number of carboxylic acid groups (broad SMARTS) is 1. The van der Waals surface area contributed by atoms with E-state index in [2.05, 4.69) is 24.3 Å². The van der Waals surface area contributed by atoms with Crippen LogP contribution in [0.25, 0.3) is 11.1 Å². The summed E-state index contributed by atoms with van der Waals surface area (Å²) >= 11 is 0. The van der Waals surface area contributed by atoms with Crippen LogP contribution in [0.15, 0.2) is 72.8 Å². The Balaban J connectivity index is 1.30. The SMILES string of the molecule is O=C(O)C[C@H]1CC[C@H](c2ccc(-c3ccc4c(c3)OCCN4S(=O)(=O)Cc3ccccc3)cc2)CC1. The van der Waals surface area contributed by atoms with Crippen molar-refractivity contribution >= 4 is 21.7 Å². The number of anilines is 1. The summed E-state index contributed by atoms with van der Waals surface area (Å²) in [5.41, 5.74) is 4.66. The van der Waals surface area contributed by atoms with Gasteiger partial charge in [-0.1, -0.05) is 60.7 Å². The number of ether oxygens (including phenoxy) is 1. The Morgan fingerprint density at radius 2 is 1.61 bits per heavy atom. The van der Waals surface area contributed by atoms with E-state index in [0.717, 1.165) is 42.4 Å². The van der Waals surface area contributed by atoms with Gasteiger partial charge in [0.05, 0.1) is 18.0 Å². The van der Waals surface area contributed by atoms with Gasteiger partial charge in [0.15, 0.2) is 0 Å². The number of carbonyl (C=O) groups is 1. The van der Waals surface area contributed by atoms with E-state index in [9.17, 15) is 13.2 Å². The standard InChI is InChI=1S/C29H31NO5S/c31-29(32)18-21-6-8-23(9-7-21)24-10-12-25(13-11-24)26-14-15-27-28(19-26)35-17-16-30(27)36(33,34)20-22-4-2-1-3-5-22/h1-5,10-15,19,21,23H,6-9,16-18,20H2,(H,31,32)/t21-,23-. The summed E-state index contributed by atoms with van der Waals surface area (Å²) in [4.78, 5) is 11.0. The molecule has 0 amide bonds. The van der Waals surface area contributed by atoms with E-state index in [1.165, 1.54) is 9.87 Å². The van der Waals surface area contributed by atoms with Crippen molar-refractivity contribution in [3.05, 3.63) is 83.9 Å². The molecule has 188 valence electrons. The van der Waals surface area contributed by atoms with Crippen molar-refractivity contribution in [1.29, 1.82) is 0 Å². The first-order chi connectivity index (χ1) is 17.4. The lowest BCUT2D eigenvalue weighted by atomic mass is 9.77.